The third-order valence-electron chi connectivity index (χ3n) is 2.92. The maximum atomic E-state index is 9.44. The fourth-order valence-corrected chi connectivity index (χ4v) is 2.04. The minimum absolute atomic E-state index is 0.149. The third-order valence-corrected chi connectivity index (χ3v) is 2.92. The van der Waals surface area contributed by atoms with Crippen LogP contribution in [-0.4, -0.2) is 23.0 Å². The molecule has 0 atom stereocenters. The molecular weight excluding hydrogens is 190 g/mol. The maximum absolute atomic E-state index is 9.44. The molecule has 2 rings (SSSR count). The van der Waals surface area contributed by atoms with Gasteiger partial charge in [0.1, 0.15) is 0 Å². The predicted octanol–water partition coefficient (Wildman–Crippen LogP) is 1.50. The van der Waals surface area contributed by atoms with Crippen molar-refractivity contribution in [3.63, 3.8) is 0 Å². The second-order valence-electron chi connectivity index (χ2n) is 4.10. The van der Waals surface area contributed by atoms with Gasteiger partial charge in [-0.25, -0.2) is 0 Å². The van der Waals surface area contributed by atoms with Gasteiger partial charge in [0.2, 0.25) is 0 Å². The van der Waals surface area contributed by atoms with E-state index in [1.54, 1.807) is 6.07 Å². The molecule has 0 spiro atoms. The standard InChI is InChI=1S/C11H17N3O/c1-9-7-10(8-11(12)14(9)15)13-5-3-2-4-6-13/h7-8,12,15H,2-6H2,1H3. The lowest BCUT2D eigenvalue weighted by molar-refractivity contribution is 0.164. The molecule has 0 aromatic carbocycles. The third kappa shape index (κ3) is 1.98. The van der Waals surface area contributed by atoms with Crippen LogP contribution in [0.2, 0.25) is 0 Å². The number of rotatable bonds is 1. The van der Waals surface area contributed by atoms with Crippen LogP contribution in [0.15, 0.2) is 12.1 Å². The number of piperidine rings is 1. The Labute approximate surface area is 89.2 Å². The minimum Gasteiger partial charge on any atom is -0.427 e. The fraction of sp³-hybridized carbons (Fsp3) is 0.545. The van der Waals surface area contributed by atoms with Gasteiger partial charge in [0.05, 0.1) is 5.69 Å². The van der Waals surface area contributed by atoms with Crippen molar-refractivity contribution >= 4 is 5.69 Å². The van der Waals surface area contributed by atoms with Crippen molar-refractivity contribution in [2.24, 2.45) is 0 Å². The first-order valence-electron chi connectivity index (χ1n) is 5.41. The first-order chi connectivity index (χ1) is 7.18. The van der Waals surface area contributed by atoms with E-state index in [9.17, 15) is 5.21 Å². The van der Waals surface area contributed by atoms with E-state index in [-0.39, 0.29) is 5.49 Å². The first kappa shape index (κ1) is 10.1. The highest BCUT2D eigenvalue weighted by atomic mass is 16.5. The van der Waals surface area contributed by atoms with Gasteiger partial charge in [-0.05, 0) is 32.3 Å². The number of anilines is 1. The molecule has 1 saturated heterocycles. The summed E-state index contributed by atoms with van der Waals surface area (Å²) in [5, 5.41) is 17.0. The second kappa shape index (κ2) is 3.96. The molecule has 15 heavy (non-hydrogen) atoms. The molecule has 4 heteroatoms. The van der Waals surface area contributed by atoms with Crippen molar-refractivity contribution in [1.29, 1.82) is 5.41 Å². The van der Waals surface area contributed by atoms with E-state index in [0.717, 1.165) is 23.5 Å². The predicted molar refractivity (Wildman–Crippen MR) is 58.3 cm³/mol. The van der Waals surface area contributed by atoms with Crippen molar-refractivity contribution in [3.05, 3.63) is 23.3 Å². The summed E-state index contributed by atoms with van der Waals surface area (Å²) in [5.74, 6) is 0. The van der Waals surface area contributed by atoms with Gasteiger partial charge in [-0.2, -0.15) is 4.73 Å². The second-order valence-corrected chi connectivity index (χ2v) is 4.10. The summed E-state index contributed by atoms with van der Waals surface area (Å²) in [4.78, 5) is 2.29. The summed E-state index contributed by atoms with van der Waals surface area (Å²) in [6.45, 7) is 3.94. The molecule has 1 fully saturated rings. The molecule has 1 aliphatic heterocycles. The minimum atomic E-state index is 0.149. The molecule has 0 amide bonds. The van der Waals surface area contributed by atoms with Crippen molar-refractivity contribution in [1.82, 2.24) is 4.73 Å². The number of nitrogens with one attached hydrogen (secondary N) is 1. The summed E-state index contributed by atoms with van der Waals surface area (Å²) < 4.78 is 0.910. The van der Waals surface area contributed by atoms with Crippen LogP contribution in [0.4, 0.5) is 5.69 Å². The molecular formula is C11H17N3O. The number of hydrogen-bond donors (Lipinski definition) is 2. The smallest absolute Gasteiger partial charge is 0.162 e. The number of nitrogens with zero attached hydrogens (tertiary/aromatic N) is 2. The summed E-state index contributed by atoms with van der Waals surface area (Å²) >= 11 is 0. The molecule has 1 aromatic rings. The molecule has 0 unspecified atom stereocenters. The van der Waals surface area contributed by atoms with Crippen LogP contribution in [0.25, 0.3) is 0 Å². The summed E-state index contributed by atoms with van der Waals surface area (Å²) in [5.41, 5.74) is 1.92. The summed E-state index contributed by atoms with van der Waals surface area (Å²) in [6, 6.07) is 3.65. The van der Waals surface area contributed by atoms with Gasteiger partial charge in [0, 0.05) is 24.8 Å². The molecule has 2 heterocycles. The molecule has 4 nitrogen and oxygen atoms in total. The van der Waals surface area contributed by atoms with Gasteiger partial charge >= 0.3 is 0 Å². The first-order valence-corrected chi connectivity index (χ1v) is 5.41. The molecule has 0 radical (unpaired) electrons. The Bertz CT molecular complexity index is 405. The number of hydrogen-bond acceptors (Lipinski definition) is 3. The van der Waals surface area contributed by atoms with E-state index in [1.165, 1.54) is 19.3 Å². The molecule has 1 aliphatic rings. The zero-order valence-corrected chi connectivity index (χ0v) is 9.03. The highest BCUT2D eigenvalue weighted by Gasteiger charge is 2.12. The van der Waals surface area contributed by atoms with Crippen molar-refractivity contribution < 1.29 is 5.21 Å². The Hall–Kier alpha value is -1.45. The lowest BCUT2D eigenvalue weighted by Gasteiger charge is -2.29. The Morgan fingerprint density at radius 3 is 2.47 bits per heavy atom. The molecule has 0 aliphatic carbocycles. The maximum Gasteiger partial charge on any atom is 0.162 e. The largest absolute Gasteiger partial charge is 0.427 e. The molecule has 82 valence electrons. The van der Waals surface area contributed by atoms with Gasteiger partial charge in [-0.15, -0.1) is 0 Å². The Morgan fingerprint density at radius 2 is 1.87 bits per heavy atom. The molecule has 1 aromatic heterocycles. The van der Waals surface area contributed by atoms with Gasteiger partial charge in [0.25, 0.3) is 0 Å². The van der Waals surface area contributed by atoms with Crippen LogP contribution in [0.5, 0.6) is 0 Å². The van der Waals surface area contributed by atoms with Crippen molar-refractivity contribution in [2.45, 2.75) is 26.2 Å². The van der Waals surface area contributed by atoms with E-state index in [2.05, 4.69) is 4.90 Å². The highest BCUT2D eigenvalue weighted by molar-refractivity contribution is 5.46. The van der Waals surface area contributed by atoms with Crippen LogP contribution in [0.1, 0.15) is 25.0 Å². The van der Waals surface area contributed by atoms with E-state index in [0.29, 0.717) is 5.69 Å². The Morgan fingerprint density at radius 1 is 1.20 bits per heavy atom. The molecule has 0 saturated carbocycles. The van der Waals surface area contributed by atoms with E-state index in [4.69, 9.17) is 5.41 Å². The van der Waals surface area contributed by atoms with Crippen molar-refractivity contribution in [2.75, 3.05) is 18.0 Å². The van der Waals surface area contributed by atoms with Crippen LogP contribution in [0, 0.1) is 12.3 Å². The van der Waals surface area contributed by atoms with Gasteiger partial charge in [-0.1, -0.05) is 0 Å². The fourth-order valence-electron chi connectivity index (χ4n) is 2.04. The Kier molecular flexibility index (Phi) is 2.66. The lowest BCUT2D eigenvalue weighted by atomic mass is 10.1. The van der Waals surface area contributed by atoms with E-state index < -0.39 is 0 Å². The van der Waals surface area contributed by atoms with Gasteiger partial charge in [0.15, 0.2) is 5.49 Å². The average molecular weight is 207 g/mol. The van der Waals surface area contributed by atoms with E-state index >= 15 is 0 Å². The lowest BCUT2D eigenvalue weighted by Crippen LogP contribution is -2.31. The normalized spacial score (nSPS) is 16.7. The SMILES string of the molecule is Cc1cc(N2CCCCC2)cc(=N)n1O. The quantitative estimate of drug-likeness (QED) is 0.686. The summed E-state index contributed by atoms with van der Waals surface area (Å²) in [6.07, 6.45) is 3.75. The Balaban J connectivity index is 2.32. The summed E-state index contributed by atoms with van der Waals surface area (Å²) in [7, 11) is 0. The van der Waals surface area contributed by atoms with Crippen LogP contribution >= 0.6 is 0 Å². The van der Waals surface area contributed by atoms with Crippen LogP contribution in [-0.2, 0) is 0 Å². The topological polar surface area (TPSA) is 52.2 Å². The zero-order chi connectivity index (χ0) is 10.8. The number of pyridine rings is 1. The number of aromatic nitrogens is 1. The van der Waals surface area contributed by atoms with Gasteiger partial charge < -0.3 is 10.1 Å². The van der Waals surface area contributed by atoms with Crippen LogP contribution in [0.3, 0.4) is 0 Å². The van der Waals surface area contributed by atoms with Gasteiger partial charge in [-0.3, -0.25) is 5.41 Å². The molecule has 0 bridgehead atoms. The average Bonchev–Trinajstić information content (AvgIpc) is 2.26. The van der Waals surface area contributed by atoms with Crippen molar-refractivity contribution in [3.8, 4) is 0 Å². The van der Waals surface area contributed by atoms with E-state index in [1.807, 2.05) is 13.0 Å². The highest BCUT2D eigenvalue weighted by Crippen LogP contribution is 2.18. The van der Waals surface area contributed by atoms with Crippen LogP contribution < -0.4 is 10.4 Å². The monoisotopic (exact) mass is 207 g/mol. The number of aryl methyl sites for hydroxylation is 1. The molecule has 2 N–H and O–H groups in total. The zero-order valence-electron chi connectivity index (χ0n) is 9.03.